The predicted molar refractivity (Wildman–Crippen MR) is 68.5 cm³/mol. The highest BCUT2D eigenvalue weighted by atomic mass is 35.5. The molecular formula is C13H13ClN2O3. The molecule has 0 spiro atoms. The van der Waals surface area contributed by atoms with Gasteiger partial charge in [0.05, 0.1) is 5.38 Å². The van der Waals surface area contributed by atoms with Crippen LogP contribution in [-0.4, -0.2) is 16.7 Å². The fourth-order valence-corrected chi connectivity index (χ4v) is 1.92. The Morgan fingerprint density at radius 1 is 1.37 bits per heavy atom. The normalized spacial score (nSPS) is 19.2. The standard InChI is InChI=1S/C13H13ClN2O3/c1-2-8(14)12-15-13(19-16-12)11-7-17-9-5-3-4-6-10(9)18-11/h3-6,8,11H,2,7H2,1H3. The van der Waals surface area contributed by atoms with Crippen LogP contribution in [0.3, 0.4) is 0 Å². The van der Waals surface area contributed by atoms with Gasteiger partial charge in [0.2, 0.25) is 6.10 Å². The van der Waals surface area contributed by atoms with Gasteiger partial charge < -0.3 is 14.0 Å². The first-order valence-electron chi connectivity index (χ1n) is 6.14. The zero-order valence-electron chi connectivity index (χ0n) is 10.4. The molecule has 19 heavy (non-hydrogen) atoms. The monoisotopic (exact) mass is 280 g/mol. The summed E-state index contributed by atoms with van der Waals surface area (Å²) in [6.07, 6.45) is 0.350. The van der Waals surface area contributed by atoms with E-state index in [4.69, 9.17) is 25.6 Å². The number of fused-ring (bicyclic) bond motifs is 1. The molecule has 6 heteroatoms. The smallest absolute Gasteiger partial charge is 0.271 e. The molecule has 0 fully saturated rings. The summed E-state index contributed by atoms with van der Waals surface area (Å²) >= 11 is 6.07. The summed E-state index contributed by atoms with van der Waals surface area (Å²) in [5, 5.41) is 3.62. The zero-order chi connectivity index (χ0) is 13.2. The number of alkyl halides is 1. The number of hydrogen-bond acceptors (Lipinski definition) is 5. The SMILES string of the molecule is CCC(Cl)c1noc(C2COc3ccccc3O2)n1. The lowest BCUT2D eigenvalue weighted by molar-refractivity contribution is 0.0665. The Hall–Kier alpha value is -1.75. The van der Waals surface area contributed by atoms with E-state index in [1.54, 1.807) is 0 Å². The topological polar surface area (TPSA) is 57.4 Å². The van der Waals surface area contributed by atoms with Gasteiger partial charge in [-0.05, 0) is 18.6 Å². The largest absolute Gasteiger partial charge is 0.485 e. The first-order chi connectivity index (χ1) is 9.28. The van der Waals surface area contributed by atoms with Crippen LogP contribution in [0.4, 0.5) is 0 Å². The number of aromatic nitrogens is 2. The minimum absolute atomic E-state index is 0.241. The van der Waals surface area contributed by atoms with Gasteiger partial charge in [-0.15, -0.1) is 11.6 Å². The van der Waals surface area contributed by atoms with E-state index in [1.165, 1.54) is 0 Å². The summed E-state index contributed by atoms with van der Waals surface area (Å²) in [7, 11) is 0. The van der Waals surface area contributed by atoms with Crippen LogP contribution in [0.15, 0.2) is 28.8 Å². The molecule has 0 radical (unpaired) electrons. The molecule has 2 heterocycles. The number of rotatable bonds is 3. The van der Waals surface area contributed by atoms with Crippen molar-refractivity contribution < 1.29 is 14.0 Å². The molecule has 0 saturated carbocycles. The maximum atomic E-state index is 6.07. The summed E-state index contributed by atoms with van der Waals surface area (Å²) in [5.74, 6) is 2.28. The first kappa shape index (κ1) is 12.3. The molecule has 0 saturated heterocycles. The molecule has 0 N–H and O–H groups in total. The second-order valence-corrected chi connectivity index (χ2v) is 4.76. The summed E-state index contributed by atoms with van der Waals surface area (Å²) in [4.78, 5) is 4.26. The van der Waals surface area contributed by atoms with Crippen LogP contribution in [0, 0.1) is 0 Å². The van der Waals surface area contributed by atoms with Gasteiger partial charge in [0.1, 0.15) is 6.61 Å². The number of nitrogens with zero attached hydrogens (tertiary/aromatic N) is 2. The lowest BCUT2D eigenvalue weighted by atomic mass is 10.2. The summed E-state index contributed by atoms with van der Waals surface area (Å²) < 4.78 is 16.6. The molecule has 3 rings (SSSR count). The molecule has 0 amide bonds. The Morgan fingerprint density at radius 2 is 2.16 bits per heavy atom. The van der Waals surface area contributed by atoms with Crippen LogP contribution in [0.5, 0.6) is 11.5 Å². The molecule has 2 aromatic rings. The molecule has 5 nitrogen and oxygen atoms in total. The van der Waals surface area contributed by atoms with Crippen LogP contribution < -0.4 is 9.47 Å². The van der Waals surface area contributed by atoms with Gasteiger partial charge in [-0.2, -0.15) is 4.98 Å². The molecule has 2 unspecified atom stereocenters. The van der Waals surface area contributed by atoms with Crippen molar-refractivity contribution in [1.29, 1.82) is 0 Å². The average molecular weight is 281 g/mol. The fourth-order valence-electron chi connectivity index (χ4n) is 1.83. The maximum Gasteiger partial charge on any atom is 0.271 e. The van der Waals surface area contributed by atoms with E-state index in [2.05, 4.69) is 10.1 Å². The van der Waals surface area contributed by atoms with Crippen molar-refractivity contribution in [2.45, 2.75) is 24.8 Å². The van der Waals surface area contributed by atoms with E-state index in [0.29, 0.717) is 24.1 Å². The molecule has 1 aliphatic heterocycles. The van der Waals surface area contributed by atoms with Gasteiger partial charge in [-0.25, -0.2) is 0 Å². The minimum Gasteiger partial charge on any atom is -0.485 e. The van der Waals surface area contributed by atoms with E-state index >= 15 is 0 Å². The van der Waals surface area contributed by atoms with Gasteiger partial charge in [0, 0.05) is 0 Å². The maximum absolute atomic E-state index is 6.07. The van der Waals surface area contributed by atoms with E-state index in [9.17, 15) is 0 Å². The molecule has 1 aromatic carbocycles. The third kappa shape index (κ3) is 2.38. The average Bonchev–Trinajstić information content (AvgIpc) is 2.95. The molecule has 0 aliphatic carbocycles. The van der Waals surface area contributed by atoms with Crippen LogP contribution >= 0.6 is 11.6 Å². The van der Waals surface area contributed by atoms with E-state index in [0.717, 1.165) is 12.2 Å². The molecule has 1 aromatic heterocycles. The summed E-state index contributed by atoms with van der Waals surface area (Å²) in [6.45, 7) is 2.31. The van der Waals surface area contributed by atoms with Crippen LogP contribution in [0.1, 0.15) is 36.5 Å². The number of benzene rings is 1. The predicted octanol–water partition coefficient (Wildman–Crippen LogP) is 3.27. The van der Waals surface area contributed by atoms with Gasteiger partial charge >= 0.3 is 0 Å². The van der Waals surface area contributed by atoms with Crippen LogP contribution in [0.2, 0.25) is 0 Å². The van der Waals surface area contributed by atoms with Crippen molar-refractivity contribution in [1.82, 2.24) is 10.1 Å². The summed E-state index contributed by atoms with van der Waals surface area (Å²) in [6, 6.07) is 7.48. The van der Waals surface area contributed by atoms with Crippen molar-refractivity contribution >= 4 is 11.6 Å². The Morgan fingerprint density at radius 3 is 2.95 bits per heavy atom. The lowest BCUT2D eigenvalue weighted by Crippen LogP contribution is -2.21. The number of ether oxygens (including phenoxy) is 2. The molecule has 0 bridgehead atoms. The Kier molecular flexibility index (Phi) is 3.29. The van der Waals surface area contributed by atoms with Crippen molar-refractivity contribution in [3.8, 4) is 11.5 Å². The molecule has 1 aliphatic rings. The van der Waals surface area contributed by atoms with Gasteiger partial charge in [0.15, 0.2) is 17.3 Å². The first-order valence-corrected chi connectivity index (χ1v) is 6.57. The highest BCUT2D eigenvalue weighted by Gasteiger charge is 2.28. The Bertz CT molecular complexity index is 573. The fraction of sp³-hybridized carbons (Fsp3) is 0.385. The Balaban J connectivity index is 1.79. The highest BCUT2D eigenvalue weighted by Crippen LogP contribution is 2.35. The van der Waals surface area contributed by atoms with E-state index in [1.807, 2.05) is 31.2 Å². The van der Waals surface area contributed by atoms with Crippen LogP contribution in [-0.2, 0) is 0 Å². The second kappa shape index (κ2) is 5.09. The Labute approximate surface area is 115 Å². The van der Waals surface area contributed by atoms with Crippen molar-refractivity contribution in [3.05, 3.63) is 36.0 Å². The molecule has 100 valence electrons. The van der Waals surface area contributed by atoms with Gasteiger partial charge in [-0.1, -0.05) is 24.2 Å². The quantitative estimate of drug-likeness (QED) is 0.808. The molecule has 2 atom stereocenters. The second-order valence-electron chi connectivity index (χ2n) is 4.23. The lowest BCUT2D eigenvalue weighted by Gasteiger charge is -2.23. The third-order valence-electron chi connectivity index (χ3n) is 2.88. The summed E-state index contributed by atoms with van der Waals surface area (Å²) in [5.41, 5.74) is 0. The van der Waals surface area contributed by atoms with E-state index in [-0.39, 0.29) is 5.38 Å². The third-order valence-corrected chi connectivity index (χ3v) is 3.38. The number of para-hydroxylation sites is 2. The van der Waals surface area contributed by atoms with Crippen molar-refractivity contribution in [3.63, 3.8) is 0 Å². The number of hydrogen-bond donors (Lipinski definition) is 0. The van der Waals surface area contributed by atoms with Crippen LogP contribution in [0.25, 0.3) is 0 Å². The van der Waals surface area contributed by atoms with E-state index < -0.39 is 6.10 Å². The number of halogens is 1. The minimum atomic E-state index is -0.392. The van der Waals surface area contributed by atoms with Crippen molar-refractivity contribution in [2.75, 3.05) is 6.61 Å². The molecular weight excluding hydrogens is 268 g/mol. The zero-order valence-corrected chi connectivity index (χ0v) is 11.1. The van der Waals surface area contributed by atoms with Gasteiger partial charge in [0.25, 0.3) is 5.89 Å². The highest BCUT2D eigenvalue weighted by molar-refractivity contribution is 6.20. The van der Waals surface area contributed by atoms with Crippen molar-refractivity contribution in [2.24, 2.45) is 0 Å². The van der Waals surface area contributed by atoms with Gasteiger partial charge in [-0.3, -0.25) is 0 Å².